The van der Waals surface area contributed by atoms with Crippen molar-refractivity contribution in [2.45, 2.75) is 64.8 Å². The second-order valence-corrected chi connectivity index (χ2v) is 9.83. The molecule has 2 aromatic heterocycles. The molecule has 6 rings (SSSR count). The van der Waals surface area contributed by atoms with Gasteiger partial charge in [0.05, 0.1) is 18.7 Å². The first-order valence-corrected chi connectivity index (χ1v) is 11.4. The molecule has 4 aliphatic carbocycles. The van der Waals surface area contributed by atoms with Gasteiger partial charge in [-0.3, -0.25) is 14.0 Å². The Morgan fingerprint density at radius 3 is 2.50 bits per heavy atom. The molecule has 0 spiro atoms. The SMILES string of the molecule is CCOC(=O)Cc1cn2c(C(=O)NC(C)C34CC5CC(CC(C5)C3)C4)cccc2n1. The molecule has 2 heterocycles. The molecule has 0 radical (unpaired) electrons. The van der Waals surface area contributed by atoms with E-state index < -0.39 is 0 Å². The Bertz CT molecular complexity index is 944. The summed E-state index contributed by atoms with van der Waals surface area (Å²) < 4.78 is 6.81. The van der Waals surface area contributed by atoms with Crippen LogP contribution in [0, 0.1) is 23.2 Å². The first-order chi connectivity index (χ1) is 14.5. The number of nitrogens with one attached hydrogen (secondary N) is 1. The monoisotopic (exact) mass is 409 g/mol. The largest absolute Gasteiger partial charge is 0.466 e. The summed E-state index contributed by atoms with van der Waals surface area (Å²) in [5, 5.41) is 3.34. The van der Waals surface area contributed by atoms with Gasteiger partial charge in [-0.2, -0.15) is 0 Å². The fourth-order valence-corrected chi connectivity index (χ4v) is 6.82. The van der Waals surface area contributed by atoms with Crippen LogP contribution in [0.3, 0.4) is 0 Å². The molecule has 1 N–H and O–H groups in total. The molecular formula is C24H31N3O3. The van der Waals surface area contributed by atoms with Crippen molar-refractivity contribution in [2.75, 3.05) is 6.61 Å². The summed E-state index contributed by atoms with van der Waals surface area (Å²) >= 11 is 0. The van der Waals surface area contributed by atoms with E-state index in [1.54, 1.807) is 17.5 Å². The molecule has 1 unspecified atom stereocenters. The van der Waals surface area contributed by atoms with Crippen LogP contribution in [-0.2, 0) is 16.0 Å². The molecule has 160 valence electrons. The lowest BCUT2D eigenvalue weighted by Crippen LogP contribution is -2.55. The van der Waals surface area contributed by atoms with Crippen LogP contribution in [0.1, 0.15) is 68.6 Å². The zero-order valence-electron chi connectivity index (χ0n) is 17.9. The summed E-state index contributed by atoms with van der Waals surface area (Å²) in [5.41, 5.74) is 2.11. The second kappa shape index (κ2) is 7.40. The number of fused-ring (bicyclic) bond motifs is 1. The number of rotatable bonds is 6. The van der Waals surface area contributed by atoms with Crippen LogP contribution in [0.25, 0.3) is 5.65 Å². The summed E-state index contributed by atoms with van der Waals surface area (Å²) in [6.07, 6.45) is 9.88. The molecule has 6 nitrogen and oxygen atoms in total. The van der Waals surface area contributed by atoms with E-state index in [9.17, 15) is 9.59 Å². The van der Waals surface area contributed by atoms with Gasteiger partial charge in [0.15, 0.2) is 0 Å². The van der Waals surface area contributed by atoms with Crippen molar-refractivity contribution in [1.29, 1.82) is 0 Å². The fourth-order valence-electron chi connectivity index (χ4n) is 6.82. The van der Waals surface area contributed by atoms with E-state index in [2.05, 4.69) is 17.2 Å². The number of nitrogens with zero attached hydrogens (tertiary/aromatic N) is 2. The van der Waals surface area contributed by atoms with Crippen LogP contribution in [0.4, 0.5) is 0 Å². The predicted molar refractivity (Wildman–Crippen MR) is 113 cm³/mol. The predicted octanol–water partition coefficient (Wildman–Crippen LogP) is 3.77. The zero-order valence-corrected chi connectivity index (χ0v) is 17.9. The maximum Gasteiger partial charge on any atom is 0.311 e. The first kappa shape index (κ1) is 19.6. The van der Waals surface area contributed by atoms with Crippen LogP contribution in [-0.4, -0.2) is 33.9 Å². The lowest BCUT2D eigenvalue weighted by Gasteiger charge is -2.59. The van der Waals surface area contributed by atoms with Gasteiger partial charge in [0.25, 0.3) is 5.91 Å². The van der Waals surface area contributed by atoms with Crippen LogP contribution in [0.5, 0.6) is 0 Å². The van der Waals surface area contributed by atoms with Crippen molar-refractivity contribution >= 4 is 17.5 Å². The van der Waals surface area contributed by atoms with Gasteiger partial charge >= 0.3 is 5.97 Å². The molecule has 0 aliphatic heterocycles. The number of imidazole rings is 1. The minimum Gasteiger partial charge on any atom is -0.466 e. The topological polar surface area (TPSA) is 72.7 Å². The summed E-state index contributed by atoms with van der Waals surface area (Å²) in [6, 6.07) is 5.69. The van der Waals surface area contributed by atoms with Gasteiger partial charge in [0, 0.05) is 12.2 Å². The highest BCUT2D eigenvalue weighted by Gasteiger charge is 2.53. The highest BCUT2D eigenvalue weighted by atomic mass is 16.5. The Balaban J connectivity index is 1.35. The lowest BCUT2D eigenvalue weighted by molar-refractivity contribution is -0.142. The summed E-state index contributed by atoms with van der Waals surface area (Å²) in [4.78, 5) is 29.5. The molecule has 1 amide bonds. The highest BCUT2D eigenvalue weighted by Crippen LogP contribution is 2.61. The molecule has 6 heteroatoms. The van der Waals surface area contributed by atoms with E-state index in [0.29, 0.717) is 23.6 Å². The molecule has 30 heavy (non-hydrogen) atoms. The number of carbonyl (C=O) groups is 2. The van der Waals surface area contributed by atoms with Gasteiger partial charge in [-0.05, 0) is 87.7 Å². The summed E-state index contributed by atoms with van der Waals surface area (Å²) in [6.45, 7) is 4.34. The number of hydrogen-bond donors (Lipinski definition) is 1. The van der Waals surface area contributed by atoms with Gasteiger partial charge in [0.1, 0.15) is 11.3 Å². The Kier molecular flexibility index (Phi) is 4.83. The second-order valence-electron chi connectivity index (χ2n) is 9.83. The minimum atomic E-state index is -0.303. The molecule has 2 aromatic rings. The zero-order chi connectivity index (χ0) is 20.9. The number of hydrogen-bond acceptors (Lipinski definition) is 4. The third-order valence-electron chi connectivity index (χ3n) is 7.76. The number of esters is 1. The number of ether oxygens (including phenoxy) is 1. The van der Waals surface area contributed by atoms with Crippen LogP contribution in [0.15, 0.2) is 24.4 Å². The first-order valence-electron chi connectivity index (χ1n) is 11.4. The van der Waals surface area contributed by atoms with Crippen molar-refractivity contribution in [1.82, 2.24) is 14.7 Å². The molecule has 1 atom stereocenters. The van der Waals surface area contributed by atoms with Gasteiger partial charge in [-0.15, -0.1) is 0 Å². The number of pyridine rings is 1. The molecule has 4 fully saturated rings. The van der Waals surface area contributed by atoms with Gasteiger partial charge in [-0.25, -0.2) is 4.98 Å². The maximum absolute atomic E-state index is 13.2. The Labute approximate surface area is 177 Å². The highest BCUT2D eigenvalue weighted by molar-refractivity contribution is 5.93. The molecule has 4 bridgehead atoms. The van der Waals surface area contributed by atoms with Crippen molar-refractivity contribution in [2.24, 2.45) is 23.2 Å². The van der Waals surface area contributed by atoms with E-state index in [4.69, 9.17) is 4.74 Å². The van der Waals surface area contributed by atoms with Crippen LogP contribution in [0.2, 0.25) is 0 Å². The standard InChI is InChI=1S/C24H31N3O3/c1-3-30-22(28)10-19-14-27-20(5-4-6-21(27)26-19)23(29)25-15(2)24-11-16-7-17(12-24)9-18(8-16)13-24/h4-6,14-18H,3,7-13H2,1-2H3,(H,25,29). The van der Waals surface area contributed by atoms with Crippen molar-refractivity contribution in [3.05, 3.63) is 35.8 Å². The Morgan fingerprint density at radius 2 is 1.87 bits per heavy atom. The van der Waals surface area contributed by atoms with Crippen molar-refractivity contribution < 1.29 is 14.3 Å². The fraction of sp³-hybridized carbons (Fsp3) is 0.625. The van der Waals surface area contributed by atoms with E-state index in [1.807, 2.05) is 18.2 Å². The maximum atomic E-state index is 13.2. The lowest BCUT2D eigenvalue weighted by atomic mass is 9.48. The third-order valence-corrected chi connectivity index (χ3v) is 7.76. The average molecular weight is 410 g/mol. The Morgan fingerprint density at radius 1 is 1.20 bits per heavy atom. The van der Waals surface area contributed by atoms with E-state index in [0.717, 1.165) is 17.8 Å². The molecule has 0 saturated heterocycles. The normalized spacial score (nSPS) is 30.4. The van der Waals surface area contributed by atoms with E-state index in [1.165, 1.54) is 38.5 Å². The van der Waals surface area contributed by atoms with Crippen LogP contribution < -0.4 is 5.32 Å². The quantitative estimate of drug-likeness (QED) is 0.737. The number of carbonyl (C=O) groups excluding carboxylic acids is 2. The smallest absolute Gasteiger partial charge is 0.311 e. The van der Waals surface area contributed by atoms with Crippen molar-refractivity contribution in [3.8, 4) is 0 Å². The molecular weight excluding hydrogens is 378 g/mol. The summed E-state index contributed by atoms with van der Waals surface area (Å²) in [7, 11) is 0. The minimum absolute atomic E-state index is 0.0658. The molecule has 0 aromatic carbocycles. The number of aromatic nitrogens is 2. The average Bonchev–Trinajstić information content (AvgIpc) is 3.09. The van der Waals surface area contributed by atoms with Gasteiger partial charge in [-0.1, -0.05) is 6.07 Å². The Hall–Kier alpha value is -2.37. The molecule has 4 saturated carbocycles. The molecule has 4 aliphatic rings. The van der Waals surface area contributed by atoms with Gasteiger partial charge in [0.2, 0.25) is 0 Å². The van der Waals surface area contributed by atoms with Crippen molar-refractivity contribution in [3.63, 3.8) is 0 Å². The third kappa shape index (κ3) is 3.40. The number of amides is 1. The summed E-state index contributed by atoms with van der Waals surface area (Å²) in [5.74, 6) is 2.21. The van der Waals surface area contributed by atoms with E-state index >= 15 is 0 Å². The van der Waals surface area contributed by atoms with E-state index in [-0.39, 0.29) is 29.8 Å². The van der Waals surface area contributed by atoms with Crippen LogP contribution >= 0.6 is 0 Å². The van der Waals surface area contributed by atoms with Gasteiger partial charge < -0.3 is 10.1 Å².